The van der Waals surface area contributed by atoms with Gasteiger partial charge in [0.25, 0.3) is 5.91 Å². The van der Waals surface area contributed by atoms with Crippen molar-refractivity contribution >= 4 is 28.3 Å². The van der Waals surface area contributed by atoms with E-state index in [9.17, 15) is 4.79 Å². The molecule has 34 heavy (non-hydrogen) atoms. The van der Waals surface area contributed by atoms with Crippen molar-refractivity contribution in [3.05, 3.63) is 59.2 Å². The average molecular weight is 453 g/mol. The maximum Gasteiger partial charge on any atom is 0.280 e. The summed E-state index contributed by atoms with van der Waals surface area (Å²) in [7, 11) is 1.91. The predicted octanol–water partition coefficient (Wildman–Crippen LogP) is 3.56. The average Bonchev–Trinajstić information content (AvgIpc) is 3.58. The van der Waals surface area contributed by atoms with E-state index < -0.39 is 0 Å². The zero-order chi connectivity index (χ0) is 22.8. The molecule has 8 rings (SSSR count). The SMILES string of the molecule is Cc1c2c(nn1C)C(=O)N1c3ccc4[nH]cnc4c3-c3cc(N4CCC5(COC5)C4)ccc3C21. The highest BCUT2D eigenvalue weighted by Gasteiger charge is 2.48. The Morgan fingerprint density at radius 1 is 1.21 bits per heavy atom. The van der Waals surface area contributed by atoms with Crippen molar-refractivity contribution < 1.29 is 9.53 Å². The minimum absolute atomic E-state index is 0.0407. The summed E-state index contributed by atoms with van der Waals surface area (Å²) >= 11 is 0. The van der Waals surface area contributed by atoms with Gasteiger partial charge in [0.05, 0.1) is 42.3 Å². The summed E-state index contributed by atoms with van der Waals surface area (Å²) in [6.07, 6.45) is 2.90. The standard InChI is InChI=1S/C26H24N6O2/c1-14-20-23(29-30(14)2)25(33)32-19-6-5-18-22(28-13-27-18)21(19)17-9-15(3-4-16(17)24(20)32)31-8-7-26(10-31)11-34-12-26/h3-6,9,13,24H,7-8,10-12H2,1-2H3,(H,27,28). The molecule has 0 bridgehead atoms. The number of benzene rings is 2. The van der Waals surface area contributed by atoms with Crippen LogP contribution in [0.15, 0.2) is 36.7 Å². The van der Waals surface area contributed by atoms with E-state index in [1.54, 1.807) is 6.33 Å². The van der Waals surface area contributed by atoms with Crippen molar-refractivity contribution in [2.24, 2.45) is 12.5 Å². The van der Waals surface area contributed by atoms with Gasteiger partial charge in [0, 0.05) is 48.1 Å². The van der Waals surface area contributed by atoms with E-state index in [1.807, 2.05) is 35.7 Å². The van der Waals surface area contributed by atoms with Crippen LogP contribution in [0.4, 0.5) is 11.4 Å². The number of H-pyrrole nitrogens is 1. The van der Waals surface area contributed by atoms with Crippen molar-refractivity contribution in [2.75, 3.05) is 36.1 Å². The first kappa shape index (κ1) is 18.7. The van der Waals surface area contributed by atoms with Gasteiger partial charge in [-0.15, -0.1) is 0 Å². The number of rotatable bonds is 1. The Morgan fingerprint density at radius 2 is 2.09 bits per heavy atom. The number of imidazole rings is 1. The molecule has 2 aromatic carbocycles. The molecule has 8 heteroatoms. The number of aryl methyl sites for hydroxylation is 1. The summed E-state index contributed by atoms with van der Waals surface area (Å²) < 4.78 is 7.36. The molecule has 0 saturated carbocycles. The minimum Gasteiger partial charge on any atom is -0.380 e. The van der Waals surface area contributed by atoms with Crippen molar-refractivity contribution in [1.29, 1.82) is 0 Å². The molecule has 4 aliphatic heterocycles. The van der Waals surface area contributed by atoms with Crippen LogP contribution in [0, 0.1) is 12.3 Å². The number of aromatic amines is 1. The second kappa shape index (κ2) is 6.07. The Morgan fingerprint density at radius 3 is 2.88 bits per heavy atom. The number of hydrogen-bond acceptors (Lipinski definition) is 5. The summed E-state index contributed by atoms with van der Waals surface area (Å²) in [6.45, 7) is 5.86. The van der Waals surface area contributed by atoms with Crippen molar-refractivity contribution in [3.8, 4) is 11.1 Å². The molecule has 1 unspecified atom stereocenters. The first-order chi connectivity index (χ1) is 16.5. The zero-order valence-electron chi connectivity index (χ0n) is 19.1. The van der Waals surface area contributed by atoms with Crippen LogP contribution in [-0.4, -0.2) is 52.0 Å². The Kier molecular flexibility index (Phi) is 3.34. The number of hydrogen-bond donors (Lipinski definition) is 1. The minimum atomic E-state index is -0.172. The number of carbonyl (C=O) groups excluding carboxylic acids is 1. The molecule has 2 aromatic heterocycles. The summed E-state index contributed by atoms with van der Waals surface area (Å²) in [5.41, 5.74) is 10.2. The van der Waals surface area contributed by atoms with Gasteiger partial charge in [0.1, 0.15) is 0 Å². The molecule has 1 amide bonds. The summed E-state index contributed by atoms with van der Waals surface area (Å²) in [5, 5.41) is 4.59. The number of aromatic nitrogens is 4. The number of carbonyl (C=O) groups is 1. The number of fused-ring (bicyclic) bond motifs is 10. The number of amides is 1. The molecule has 1 N–H and O–H groups in total. The molecule has 2 saturated heterocycles. The van der Waals surface area contributed by atoms with Gasteiger partial charge in [0.15, 0.2) is 5.69 Å². The molecule has 1 spiro atoms. The van der Waals surface area contributed by atoms with Gasteiger partial charge in [-0.25, -0.2) is 4.98 Å². The molecule has 4 aliphatic rings. The third kappa shape index (κ3) is 2.15. The summed E-state index contributed by atoms with van der Waals surface area (Å²) in [4.78, 5) is 26.0. The fraction of sp³-hybridized carbons (Fsp3) is 0.346. The summed E-state index contributed by atoms with van der Waals surface area (Å²) in [5.74, 6) is -0.0407. The Bertz CT molecular complexity index is 1540. The monoisotopic (exact) mass is 452 g/mol. The van der Waals surface area contributed by atoms with Crippen molar-refractivity contribution in [2.45, 2.75) is 19.4 Å². The topological polar surface area (TPSA) is 79.3 Å². The molecule has 1 atom stereocenters. The molecule has 6 heterocycles. The quantitative estimate of drug-likeness (QED) is 0.478. The molecule has 0 radical (unpaired) electrons. The lowest BCUT2D eigenvalue weighted by Gasteiger charge is -2.38. The summed E-state index contributed by atoms with van der Waals surface area (Å²) in [6, 6.07) is 10.6. The molecular formula is C26H24N6O2. The van der Waals surface area contributed by atoms with Crippen LogP contribution in [0.3, 0.4) is 0 Å². The lowest BCUT2D eigenvalue weighted by Crippen LogP contribution is -2.44. The van der Waals surface area contributed by atoms with E-state index in [0.717, 1.165) is 71.0 Å². The maximum atomic E-state index is 13.6. The number of ether oxygens (including phenoxy) is 1. The van der Waals surface area contributed by atoms with Gasteiger partial charge in [-0.05, 0) is 48.7 Å². The molecule has 2 fully saturated rings. The molecule has 0 aliphatic carbocycles. The highest BCUT2D eigenvalue weighted by molar-refractivity contribution is 6.17. The van der Waals surface area contributed by atoms with Crippen LogP contribution in [0.25, 0.3) is 22.2 Å². The van der Waals surface area contributed by atoms with Gasteiger partial charge < -0.3 is 14.6 Å². The first-order valence-electron chi connectivity index (χ1n) is 11.8. The van der Waals surface area contributed by atoms with E-state index in [-0.39, 0.29) is 11.9 Å². The highest BCUT2D eigenvalue weighted by atomic mass is 16.5. The Labute approximate surface area is 196 Å². The molecule has 8 nitrogen and oxygen atoms in total. The number of nitrogens with zero attached hydrogens (tertiary/aromatic N) is 5. The largest absolute Gasteiger partial charge is 0.380 e. The van der Waals surface area contributed by atoms with Crippen LogP contribution < -0.4 is 9.80 Å². The number of nitrogens with one attached hydrogen (secondary N) is 1. The van der Waals surface area contributed by atoms with Gasteiger partial charge in [0.2, 0.25) is 0 Å². The van der Waals surface area contributed by atoms with E-state index in [0.29, 0.717) is 11.1 Å². The first-order valence-corrected chi connectivity index (χ1v) is 11.8. The van der Waals surface area contributed by atoms with E-state index in [2.05, 4.69) is 38.2 Å². The van der Waals surface area contributed by atoms with Gasteiger partial charge in [-0.3, -0.25) is 14.4 Å². The van der Waals surface area contributed by atoms with Crippen LogP contribution in [0.1, 0.15) is 39.8 Å². The fourth-order valence-electron chi connectivity index (χ4n) is 6.45. The molecular weight excluding hydrogens is 428 g/mol. The second-order valence-corrected chi connectivity index (χ2v) is 10.2. The van der Waals surface area contributed by atoms with Gasteiger partial charge in [-0.2, -0.15) is 5.10 Å². The van der Waals surface area contributed by atoms with Crippen LogP contribution in [0.2, 0.25) is 0 Å². The van der Waals surface area contributed by atoms with Crippen LogP contribution in [0.5, 0.6) is 0 Å². The second-order valence-electron chi connectivity index (χ2n) is 10.2. The smallest absolute Gasteiger partial charge is 0.280 e. The predicted molar refractivity (Wildman–Crippen MR) is 128 cm³/mol. The van der Waals surface area contributed by atoms with Crippen molar-refractivity contribution in [1.82, 2.24) is 19.7 Å². The van der Waals surface area contributed by atoms with Crippen molar-refractivity contribution in [3.63, 3.8) is 0 Å². The molecule has 170 valence electrons. The highest BCUT2D eigenvalue weighted by Crippen LogP contribution is 2.54. The normalized spacial score (nSPS) is 21.6. The van der Waals surface area contributed by atoms with E-state index in [4.69, 9.17) is 4.74 Å². The lowest BCUT2D eigenvalue weighted by atomic mass is 9.85. The fourth-order valence-corrected chi connectivity index (χ4v) is 6.45. The van der Waals surface area contributed by atoms with Gasteiger partial charge in [-0.1, -0.05) is 6.07 Å². The zero-order valence-corrected chi connectivity index (χ0v) is 19.1. The van der Waals surface area contributed by atoms with Crippen LogP contribution >= 0.6 is 0 Å². The van der Waals surface area contributed by atoms with E-state index >= 15 is 0 Å². The Hall–Kier alpha value is -3.65. The lowest BCUT2D eigenvalue weighted by molar-refractivity contribution is -0.0985. The maximum absolute atomic E-state index is 13.6. The van der Waals surface area contributed by atoms with Crippen LogP contribution in [-0.2, 0) is 11.8 Å². The third-order valence-electron chi connectivity index (χ3n) is 8.38. The number of anilines is 2. The van der Waals surface area contributed by atoms with E-state index in [1.165, 1.54) is 12.1 Å². The Balaban J connectivity index is 1.37. The molecule has 4 aromatic rings. The van der Waals surface area contributed by atoms with Gasteiger partial charge >= 0.3 is 0 Å². The third-order valence-corrected chi connectivity index (χ3v) is 8.38.